The van der Waals surface area contributed by atoms with Crippen LogP contribution >= 0.6 is 0 Å². The minimum Gasteiger partial charge on any atom is -0.465 e. The maximum atomic E-state index is 13.7. The molecular weight excluding hydrogens is 973 g/mol. The predicted octanol–water partition coefficient (Wildman–Crippen LogP) is 14.5. The highest BCUT2D eigenvalue weighted by Crippen LogP contribution is 2.21. The first-order valence-corrected chi connectivity index (χ1v) is 32.4. The van der Waals surface area contributed by atoms with Crippen LogP contribution < -0.4 is 0 Å². The van der Waals surface area contributed by atoms with Crippen molar-refractivity contribution in [1.29, 1.82) is 0 Å². The van der Waals surface area contributed by atoms with Gasteiger partial charge in [0.2, 0.25) is 0 Å². The molecule has 0 aliphatic heterocycles. The number of carbonyl (C=O) groups is 4. The van der Waals surface area contributed by atoms with Crippen molar-refractivity contribution in [3.05, 3.63) is 0 Å². The van der Waals surface area contributed by atoms with E-state index in [4.69, 9.17) is 18.9 Å². The maximum Gasteiger partial charge on any atom is 0.409 e. The molecule has 0 saturated carbocycles. The number of aliphatic hydroxyl groups is 2. The summed E-state index contributed by atoms with van der Waals surface area (Å²) in [6, 6.07) is 0. The molecule has 0 spiro atoms. The summed E-state index contributed by atoms with van der Waals surface area (Å²) in [6.07, 6.45) is 35.4. The van der Waals surface area contributed by atoms with Gasteiger partial charge in [-0.2, -0.15) is 0 Å². The summed E-state index contributed by atoms with van der Waals surface area (Å²) in [5, 5.41) is 19.2. The van der Waals surface area contributed by atoms with Gasteiger partial charge in [-0.25, -0.2) is 9.59 Å². The summed E-state index contributed by atoms with van der Waals surface area (Å²) in [6.45, 7) is 20.4. The van der Waals surface area contributed by atoms with Gasteiger partial charge in [0.25, 0.3) is 0 Å². The fourth-order valence-electron chi connectivity index (χ4n) is 10.00. The van der Waals surface area contributed by atoms with Crippen LogP contribution in [0.25, 0.3) is 0 Å². The van der Waals surface area contributed by atoms with E-state index in [2.05, 4.69) is 46.4 Å². The molecule has 0 aromatic heterocycles. The summed E-state index contributed by atoms with van der Waals surface area (Å²) >= 11 is 0. The topological polar surface area (TPSA) is 159 Å². The second-order valence-corrected chi connectivity index (χ2v) is 22.2. The van der Waals surface area contributed by atoms with Gasteiger partial charge < -0.3 is 39.0 Å². The van der Waals surface area contributed by atoms with E-state index in [0.29, 0.717) is 103 Å². The Bertz CT molecular complexity index is 1220. The summed E-state index contributed by atoms with van der Waals surface area (Å²) in [5.41, 5.74) is 0. The summed E-state index contributed by atoms with van der Waals surface area (Å²) in [5.74, 6) is 0.663. The van der Waals surface area contributed by atoms with Crippen molar-refractivity contribution in [2.45, 2.75) is 266 Å². The highest BCUT2D eigenvalue weighted by molar-refractivity contribution is 5.70. The number of carbonyl (C=O) groups excluding carboxylic acids is 4. The number of hydrogen-bond donors (Lipinski definition) is 2. The molecular formula is C63H124N4O10. The minimum atomic E-state index is -0.323. The van der Waals surface area contributed by atoms with Gasteiger partial charge in [0.05, 0.1) is 26.4 Å². The quantitative estimate of drug-likeness (QED) is 0.0338. The molecule has 0 aromatic carbocycles. The van der Waals surface area contributed by atoms with Crippen LogP contribution in [0.15, 0.2) is 0 Å². The minimum absolute atomic E-state index is 0.0106. The van der Waals surface area contributed by atoms with E-state index < -0.39 is 0 Å². The monoisotopic (exact) mass is 1100 g/mol. The molecule has 14 heteroatoms. The van der Waals surface area contributed by atoms with E-state index in [1.165, 1.54) is 89.9 Å². The molecule has 2 amide bonds. The third-order valence-electron chi connectivity index (χ3n) is 15.1. The molecule has 0 unspecified atom stereocenters. The zero-order valence-corrected chi connectivity index (χ0v) is 51.2. The lowest BCUT2D eigenvalue weighted by molar-refractivity contribution is -0.146. The smallest absolute Gasteiger partial charge is 0.409 e. The van der Waals surface area contributed by atoms with Crippen LogP contribution in [0.2, 0.25) is 0 Å². The SMILES string of the molecule is CCCCCCCN(CCCCCC(=O)OCC(CCCCC)CCCCC)C(=O)OCCN(CCCN(CCO)CCO)CCOC(=O)N(CCCCCCC)CCCCCC(=O)OCC(CCCCC)CCCCC. The van der Waals surface area contributed by atoms with E-state index in [0.717, 1.165) is 122 Å². The van der Waals surface area contributed by atoms with Crippen molar-refractivity contribution in [2.75, 3.05) is 105 Å². The highest BCUT2D eigenvalue weighted by atomic mass is 16.6. The lowest BCUT2D eigenvalue weighted by Crippen LogP contribution is -2.39. The number of amides is 2. The van der Waals surface area contributed by atoms with Crippen LogP contribution in [0.3, 0.4) is 0 Å². The van der Waals surface area contributed by atoms with E-state index >= 15 is 0 Å². The van der Waals surface area contributed by atoms with Crippen molar-refractivity contribution < 1.29 is 48.3 Å². The first kappa shape index (κ1) is 74.3. The zero-order chi connectivity index (χ0) is 56.7. The number of nitrogens with zero attached hydrogens (tertiary/aromatic N) is 4. The summed E-state index contributed by atoms with van der Waals surface area (Å²) in [7, 11) is 0. The van der Waals surface area contributed by atoms with Crippen LogP contribution in [0, 0.1) is 11.8 Å². The van der Waals surface area contributed by atoms with E-state index in [1.807, 2.05) is 14.7 Å². The highest BCUT2D eigenvalue weighted by Gasteiger charge is 2.20. The van der Waals surface area contributed by atoms with Crippen molar-refractivity contribution in [1.82, 2.24) is 19.6 Å². The molecule has 0 radical (unpaired) electrons. The average Bonchev–Trinajstić information content (AvgIpc) is 3.42. The summed E-state index contributed by atoms with van der Waals surface area (Å²) in [4.78, 5) is 60.7. The second kappa shape index (κ2) is 56.6. The normalized spacial score (nSPS) is 11.6. The van der Waals surface area contributed by atoms with Gasteiger partial charge in [-0.3, -0.25) is 19.4 Å². The van der Waals surface area contributed by atoms with Gasteiger partial charge in [0.1, 0.15) is 13.2 Å². The number of esters is 2. The molecule has 0 fully saturated rings. The Hall–Kier alpha value is -2.68. The lowest BCUT2D eigenvalue weighted by Gasteiger charge is -2.27. The van der Waals surface area contributed by atoms with Gasteiger partial charge in [0.15, 0.2) is 0 Å². The van der Waals surface area contributed by atoms with E-state index in [-0.39, 0.29) is 50.6 Å². The van der Waals surface area contributed by atoms with Gasteiger partial charge in [-0.15, -0.1) is 0 Å². The van der Waals surface area contributed by atoms with Crippen molar-refractivity contribution in [3.63, 3.8) is 0 Å². The van der Waals surface area contributed by atoms with Crippen LogP contribution in [0.1, 0.15) is 266 Å². The molecule has 0 heterocycles. The second-order valence-electron chi connectivity index (χ2n) is 22.2. The predicted molar refractivity (Wildman–Crippen MR) is 317 cm³/mol. The Kier molecular flexibility index (Phi) is 54.6. The Balaban J connectivity index is 5.51. The molecule has 77 heavy (non-hydrogen) atoms. The lowest BCUT2D eigenvalue weighted by atomic mass is 9.96. The summed E-state index contributed by atoms with van der Waals surface area (Å²) < 4.78 is 23.5. The van der Waals surface area contributed by atoms with Crippen LogP contribution in [-0.2, 0) is 28.5 Å². The largest absolute Gasteiger partial charge is 0.465 e. The Morgan fingerprint density at radius 1 is 0.325 bits per heavy atom. The van der Waals surface area contributed by atoms with Gasteiger partial charge in [-0.1, -0.05) is 183 Å². The van der Waals surface area contributed by atoms with Crippen LogP contribution in [-0.4, -0.2) is 159 Å². The molecule has 0 atom stereocenters. The fraction of sp³-hybridized carbons (Fsp3) is 0.937. The first-order valence-electron chi connectivity index (χ1n) is 32.4. The molecule has 456 valence electrons. The number of ether oxygens (including phenoxy) is 4. The van der Waals surface area contributed by atoms with Crippen LogP contribution in [0.5, 0.6) is 0 Å². The standard InChI is InChI=1S/C63H124N4O10/c1-7-13-19-21-31-44-66(46-33-23-29-40-60(70)76-56-58(36-25-15-9-3)37-26-16-10-4)62(72)74-54-50-65(43-35-42-64(48-52-68)49-53-69)51-55-75-63(73)67(45-32-22-20-14-8-2)47-34-24-30-41-61(71)77-57-59(38-27-17-11-5)39-28-18-12-6/h58-59,68-69H,7-57H2,1-6H3. The van der Waals surface area contributed by atoms with Gasteiger partial charge in [-0.05, 0) is 95.6 Å². The van der Waals surface area contributed by atoms with Crippen LogP contribution in [0.4, 0.5) is 9.59 Å². The third kappa shape index (κ3) is 46.7. The molecule has 2 N–H and O–H groups in total. The van der Waals surface area contributed by atoms with E-state index in [9.17, 15) is 29.4 Å². The van der Waals surface area contributed by atoms with E-state index in [1.54, 1.807) is 0 Å². The third-order valence-corrected chi connectivity index (χ3v) is 15.1. The number of hydrogen-bond acceptors (Lipinski definition) is 12. The average molecular weight is 1100 g/mol. The van der Waals surface area contributed by atoms with Crippen molar-refractivity contribution >= 4 is 24.1 Å². The fourth-order valence-corrected chi connectivity index (χ4v) is 10.00. The molecule has 0 rings (SSSR count). The number of rotatable bonds is 58. The molecule has 0 aliphatic rings. The molecule has 0 saturated heterocycles. The van der Waals surface area contributed by atoms with Crippen molar-refractivity contribution in [3.8, 4) is 0 Å². The first-order chi connectivity index (χ1) is 37.6. The maximum absolute atomic E-state index is 13.7. The number of unbranched alkanes of at least 4 members (excludes halogenated alkanes) is 20. The Morgan fingerprint density at radius 2 is 0.623 bits per heavy atom. The van der Waals surface area contributed by atoms with Gasteiger partial charge in [0, 0.05) is 65.2 Å². The molecule has 0 bridgehead atoms. The Labute approximate surface area is 473 Å². The van der Waals surface area contributed by atoms with Gasteiger partial charge >= 0.3 is 24.1 Å². The van der Waals surface area contributed by atoms with Crippen molar-refractivity contribution in [2.24, 2.45) is 11.8 Å². The Morgan fingerprint density at radius 3 is 0.948 bits per heavy atom. The zero-order valence-electron chi connectivity index (χ0n) is 51.2. The number of aliphatic hydroxyl groups excluding tert-OH is 2. The molecule has 0 aromatic rings. The molecule has 14 nitrogen and oxygen atoms in total. The molecule has 0 aliphatic carbocycles.